The van der Waals surface area contributed by atoms with Crippen LogP contribution in [0.1, 0.15) is 12.5 Å². The standard InChI is InChI=1S/C32H27Si2/c1-32(33-29-19-8-3-9-20-29,28-18-14-17-27(25-28)26-15-6-2-7-16-26)34(30-21-10-4-11-22-30)31-23-12-5-13-24-31/h2-25H,1H3. The fraction of sp³-hybridized carbons (Fsp3) is 0.0625. The molecular weight excluding hydrogens is 441 g/mol. The molecule has 0 aromatic heterocycles. The lowest BCUT2D eigenvalue weighted by Gasteiger charge is -2.38. The third-order valence-electron chi connectivity index (χ3n) is 6.34. The van der Waals surface area contributed by atoms with Crippen molar-refractivity contribution in [3.63, 3.8) is 0 Å². The SMILES string of the molecule is CC([Si]c1ccccc1)(c1cccc(-c2ccccc2)c1)[Si](c1ccccc1)c1ccccc1. The minimum atomic E-state index is -1.17. The van der Waals surface area contributed by atoms with Gasteiger partial charge in [-0.2, -0.15) is 0 Å². The van der Waals surface area contributed by atoms with Crippen LogP contribution in [0.2, 0.25) is 0 Å². The molecule has 0 heterocycles. The Hall–Kier alpha value is -3.47. The van der Waals surface area contributed by atoms with Gasteiger partial charge in [-0.3, -0.25) is 0 Å². The van der Waals surface area contributed by atoms with Crippen molar-refractivity contribution in [2.75, 3.05) is 0 Å². The lowest BCUT2D eigenvalue weighted by molar-refractivity contribution is 0.941. The second kappa shape index (κ2) is 10.2. The first kappa shape index (κ1) is 22.3. The molecule has 0 saturated heterocycles. The summed E-state index contributed by atoms with van der Waals surface area (Å²) in [6, 6.07) is 53.3. The molecule has 0 spiro atoms. The van der Waals surface area contributed by atoms with Gasteiger partial charge in [0.25, 0.3) is 0 Å². The molecule has 0 fully saturated rings. The second-order valence-corrected chi connectivity index (χ2v) is 13.9. The molecular formula is C32H27Si2. The highest BCUT2D eigenvalue weighted by Crippen LogP contribution is 2.30. The van der Waals surface area contributed by atoms with Crippen molar-refractivity contribution < 1.29 is 0 Å². The topological polar surface area (TPSA) is 0 Å². The Kier molecular flexibility index (Phi) is 6.71. The molecule has 0 aliphatic carbocycles. The van der Waals surface area contributed by atoms with E-state index in [9.17, 15) is 0 Å². The van der Waals surface area contributed by atoms with E-state index in [1.165, 1.54) is 32.3 Å². The van der Waals surface area contributed by atoms with Crippen LogP contribution in [0.15, 0.2) is 146 Å². The average Bonchev–Trinajstić information content (AvgIpc) is 2.91. The van der Waals surface area contributed by atoms with Gasteiger partial charge >= 0.3 is 0 Å². The Labute approximate surface area is 207 Å². The summed E-state index contributed by atoms with van der Waals surface area (Å²) >= 11 is 0. The quantitative estimate of drug-likeness (QED) is 0.279. The van der Waals surface area contributed by atoms with Crippen LogP contribution in [-0.4, -0.2) is 18.3 Å². The summed E-state index contributed by atoms with van der Waals surface area (Å²) in [7, 11) is -0.515. The van der Waals surface area contributed by atoms with Gasteiger partial charge in [0.2, 0.25) is 0 Å². The third-order valence-corrected chi connectivity index (χ3v) is 12.0. The summed E-state index contributed by atoms with van der Waals surface area (Å²) in [4.78, 5) is 0. The van der Waals surface area contributed by atoms with Gasteiger partial charge in [-0.15, -0.1) is 0 Å². The van der Waals surface area contributed by atoms with Crippen molar-refractivity contribution in [1.82, 2.24) is 0 Å². The van der Waals surface area contributed by atoms with Gasteiger partial charge in [0.1, 0.15) is 8.80 Å². The molecule has 0 aliphatic rings. The van der Waals surface area contributed by atoms with Crippen molar-refractivity contribution in [2.24, 2.45) is 0 Å². The van der Waals surface area contributed by atoms with Gasteiger partial charge in [0.05, 0.1) is 9.52 Å². The van der Waals surface area contributed by atoms with Crippen LogP contribution in [0.25, 0.3) is 11.1 Å². The van der Waals surface area contributed by atoms with Gasteiger partial charge in [-0.25, -0.2) is 0 Å². The van der Waals surface area contributed by atoms with E-state index in [1.54, 1.807) is 0 Å². The molecule has 0 aliphatic heterocycles. The van der Waals surface area contributed by atoms with Crippen LogP contribution in [0.5, 0.6) is 0 Å². The number of hydrogen-bond donors (Lipinski definition) is 0. The third kappa shape index (κ3) is 4.74. The number of rotatable bonds is 7. The summed E-state index contributed by atoms with van der Waals surface area (Å²) in [5.41, 5.74) is 3.96. The molecule has 0 N–H and O–H groups in total. The molecule has 5 rings (SSSR count). The molecule has 5 aromatic rings. The maximum Gasteiger partial charge on any atom is 0.129 e. The predicted molar refractivity (Wildman–Crippen MR) is 149 cm³/mol. The maximum atomic E-state index is 2.50. The first-order valence-electron chi connectivity index (χ1n) is 11.7. The minimum absolute atomic E-state index is 0.0283. The van der Waals surface area contributed by atoms with Crippen molar-refractivity contribution in [3.05, 3.63) is 151 Å². The second-order valence-electron chi connectivity index (χ2n) is 8.67. The summed E-state index contributed by atoms with van der Waals surface area (Å²) in [5.74, 6) is 0. The highest BCUT2D eigenvalue weighted by Gasteiger charge is 2.40. The van der Waals surface area contributed by atoms with Crippen LogP contribution in [-0.2, 0) is 4.66 Å². The summed E-state index contributed by atoms with van der Waals surface area (Å²) in [6.45, 7) is 2.50. The normalized spacial score (nSPS) is 12.9. The summed E-state index contributed by atoms with van der Waals surface area (Å²) in [5, 5.41) is 4.31. The molecule has 0 nitrogen and oxygen atoms in total. The monoisotopic (exact) mass is 467 g/mol. The van der Waals surface area contributed by atoms with Gasteiger partial charge in [0, 0.05) is 0 Å². The van der Waals surface area contributed by atoms with E-state index in [1.807, 2.05) is 0 Å². The van der Waals surface area contributed by atoms with Crippen molar-refractivity contribution in [3.8, 4) is 11.1 Å². The zero-order chi connectivity index (χ0) is 23.2. The molecule has 5 aromatic carbocycles. The molecule has 1 unspecified atom stereocenters. The predicted octanol–water partition coefficient (Wildman–Crippen LogP) is 5.45. The van der Waals surface area contributed by atoms with E-state index < -0.39 is 8.80 Å². The fourth-order valence-corrected chi connectivity index (χ4v) is 10.7. The van der Waals surface area contributed by atoms with Gasteiger partial charge in [0.15, 0.2) is 0 Å². The zero-order valence-electron chi connectivity index (χ0n) is 19.4. The summed E-state index contributed by atoms with van der Waals surface area (Å²) < 4.78 is -0.0283. The lowest BCUT2D eigenvalue weighted by atomic mass is 10.0. The molecule has 3 radical (unpaired) electrons. The van der Waals surface area contributed by atoms with Crippen LogP contribution in [0.4, 0.5) is 0 Å². The van der Waals surface area contributed by atoms with Crippen molar-refractivity contribution >= 4 is 33.9 Å². The first-order valence-corrected chi connectivity index (χ1v) is 14.2. The smallest absolute Gasteiger partial charge is 0.0636 e. The molecule has 0 amide bonds. The largest absolute Gasteiger partial charge is 0.129 e. The minimum Gasteiger partial charge on any atom is -0.0636 e. The fourth-order valence-electron chi connectivity index (χ4n) is 4.68. The molecule has 2 heteroatoms. The van der Waals surface area contributed by atoms with Crippen LogP contribution >= 0.6 is 0 Å². The van der Waals surface area contributed by atoms with Crippen molar-refractivity contribution in [1.29, 1.82) is 0 Å². The Morgan fingerprint density at radius 3 is 1.53 bits per heavy atom. The molecule has 163 valence electrons. The lowest BCUT2D eigenvalue weighted by Crippen LogP contribution is -2.61. The van der Waals surface area contributed by atoms with Crippen LogP contribution in [0, 0.1) is 0 Å². The Balaban J connectivity index is 1.71. The van der Waals surface area contributed by atoms with E-state index in [0.717, 1.165) is 0 Å². The van der Waals surface area contributed by atoms with E-state index in [-0.39, 0.29) is 4.66 Å². The van der Waals surface area contributed by atoms with Crippen molar-refractivity contribution in [2.45, 2.75) is 11.6 Å². The Morgan fingerprint density at radius 2 is 0.971 bits per heavy atom. The highest BCUT2D eigenvalue weighted by atomic mass is 28.3. The van der Waals surface area contributed by atoms with E-state index in [2.05, 4.69) is 153 Å². The van der Waals surface area contributed by atoms with E-state index in [0.29, 0.717) is 9.52 Å². The highest BCUT2D eigenvalue weighted by molar-refractivity contribution is 6.95. The molecule has 1 atom stereocenters. The van der Waals surface area contributed by atoms with E-state index >= 15 is 0 Å². The van der Waals surface area contributed by atoms with Gasteiger partial charge in [-0.05, 0) is 21.4 Å². The molecule has 0 bridgehead atoms. The Bertz CT molecular complexity index is 1280. The first-order chi connectivity index (χ1) is 16.7. The number of hydrogen-bond acceptors (Lipinski definition) is 0. The maximum absolute atomic E-state index is 2.50. The number of benzene rings is 5. The molecule has 0 saturated carbocycles. The van der Waals surface area contributed by atoms with Crippen LogP contribution < -0.4 is 15.6 Å². The van der Waals surface area contributed by atoms with Gasteiger partial charge in [-0.1, -0.05) is 168 Å². The van der Waals surface area contributed by atoms with Gasteiger partial charge < -0.3 is 0 Å². The van der Waals surface area contributed by atoms with Crippen LogP contribution in [0.3, 0.4) is 0 Å². The molecule has 34 heavy (non-hydrogen) atoms. The summed E-state index contributed by atoms with van der Waals surface area (Å²) in [6.07, 6.45) is 0. The average molecular weight is 468 g/mol. The van der Waals surface area contributed by atoms with E-state index in [4.69, 9.17) is 0 Å². The Morgan fingerprint density at radius 1 is 0.500 bits per heavy atom. The zero-order valence-corrected chi connectivity index (χ0v) is 21.4.